The molecule has 1 heterocycles. The maximum Gasteiger partial charge on any atom is 0.107 e. The molecular weight excluding hydrogens is 276 g/mol. The Balaban J connectivity index is 2.67. The summed E-state index contributed by atoms with van der Waals surface area (Å²) in [7, 11) is 0. The smallest absolute Gasteiger partial charge is 0.107 e. The van der Waals surface area contributed by atoms with Crippen molar-refractivity contribution in [3.8, 4) is 0 Å². The lowest BCUT2D eigenvalue weighted by atomic mass is 10.1. The average molecular weight is 286 g/mol. The highest BCUT2D eigenvalue weighted by atomic mass is 79.9. The third-order valence-electron chi connectivity index (χ3n) is 1.73. The minimum absolute atomic E-state index is 0.507. The molecule has 2 nitrogen and oxygen atoms in total. The molecule has 0 aliphatic rings. The predicted octanol–water partition coefficient (Wildman–Crippen LogP) is 2.58. The van der Waals surface area contributed by atoms with Gasteiger partial charge in [0, 0.05) is 10.9 Å². The van der Waals surface area contributed by atoms with E-state index in [-0.39, 0.29) is 0 Å². The largest absolute Gasteiger partial charge is 0.390 e. The fourth-order valence-electron chi connectivity index (χ4n) is 0.992. The molecule has 0 aliphatic carbocycles. The lowest BCUT2D eigenvalue weighted by Crippen LogP contribution is -2.18. The maximum atomic E-state index is 9.64. The van der Waals surface area contributed by atoms with Crippen LogP contribution in [-0.4, -0.2) is 21.6 Å². The Bertz CT molecular complexity index is 266. The van der Waals surface area contributed by atoms with Gasteiger partial charge in [-0.3, -0.25) is 0 Å². The fraction of sp³-hybridized carbons (Fsp3) is 0.500. The second-order valence-corrected chi connectivity index (χ2v) is 4.95. The molecule has 2 N–H and O–H groups in total. The molecule has 74 valence electrons. The molecule has 13 heavy (non-hydrogen) atoms. The topological polar surface area (TPSA) is 40.5 Å². The summed E-state index contributed by atoms with van der Waals surface area (Å²) < 4.78 is 0.543. The molecule has 0 saturated heterocycles. The molecule has 0 radical (unpaired) electrons. The molecule has 0 bridgehead atoms. The zero-order valence-electron chi connectivity index (χ0n) is 6.78. The van der Waals surface area contributed by atoms with Crippen molar-refractivity contribution in [3.63, 3.8) is 0 Å². The summed E-state index contributed by atoms with van der Waals surface area (Å²) in [4.78, 5) is 0. The van der Waals surface area contributed by atoms with Crippen LogP contribution in [0, 0.1) is 0 Å². The van der Waals surface area contributed by atoms with E-state index in [1.54, 1.807) is 11.4 Å². The van der Waals surface area contributed by atoms with Gasteiger partial charge in [0.25, 0.3) is 0 Å². The quantitative estimate of drug-likeness (QED) is 0.835. The number of aliphatic hydroxyl groups is 2. The Hall–Kier alpha value is 0.390. The van der Waals surface area contributed by atoms with Crippen molar-refractivity contribution in [1.82, 2.24) is 0 Å². The van der Waals surface area contributed by atoms with Crippen molar-refractivity contribution < 1.29 is 10.2 Å². The molecule has 0 aromatic carbocycles. The van der Waals surface area contributed by atoms with Gasteiger partial charge in [-0.1, -0.05) is 27.5 Å². The van der Waals surface area contributed by atoms with Crippen molar-refractivity contribution in [1.29, 1.82) is 0 Å². The van der Waals surface area contributed by atoms with Crippen LogP contribution in [0.25, 0.3) is 0 Å². The van der Waals surface area contributed by atoms with Crippen LogP contribution in [0.15, 0.2) is 11.4 Å². The highest BCUT2D eigenvalue weighted by Crippen LogP contribution is 2.30. The molecule has 0 fully saturated rings. The highest BCUT2D eigenvalue weighted by molar-refractivity contribution is 9.09. The van der Waals surface area contributed by atoms with Crippen molar-refractivity contribution in [2.24, 2.45) is 0 Å². The van der Waals surface area contributed by atoms with Gasteiger partial charge in [0.1, 0.15) is 6.10 Å². The van der Waals surface area contributed by atoms with Gasteiger partial charge in [0.15, 0.2) is 0 Å². The van der Waals surface area contributed by atoms with Crippen LogP contribution in [0.1, 0.15) is 18.1 Å². The van der Waals surface area contributed by atoms with Crippen molar-refractivity contribution >= 4 is 38.9 Å². The van der Waals surface area contributed by atoms with E-state index in [4.69, 9.17) is 11.6 Å². The fourth-order valence-corrected chi connectivity index (χ4v) is 2.45. The van der Waals surface area contributed by atoms with E-state index in [2.05, 4.69) is 15.9 Å². The summed E-state index contributed by atoms with van der Waals surface area (Å²) >= 11 is 10.4. The molecule has 0 aliphatic heterocycles. The number of hydrogen-bond acceptors (Lipinski definition) is 3. The number of halogens is 2. The van der Waals surface area contributed by atoms with E-state index in [9.17, 15) is 10.2 Å². The highest BCUT2D eigenvalue weighted by Gasteiger charge is 2.20. The van der Waals surface area contributed by atoms with E-state index in [0.29, 0.717) is 21.7 Å². The zero-order valence-corrected chi connectivity index (χ0v) is 9.94. The maximum absolute atomic E-state index is 9.64. The first kappa shape index (κ1) is 11.5. The monoisotopic (exact) mass is 284 g/mol. The third-order valence-corrected chi connectivity index (χ3v) is 3.39. The first-order valence-corrected chi connectivity index (χ1v) is 6.19. The second-order valence-electron chi connectivity index (χ2n) is 2.64. The van der Waals surface area contributed by atoms with Crippen LogP contribution >= 0.6 is 38.9 Å². The normalized spacial score (nSPS) is 15.7. The van der Waals surface area contributed by atoms with Gasteiger partial charge >= 0.3 is 0 Å². The van der Waals surface area contributed by atoms with Gasteiger partial charge in [-0.2, -0.15) is 0 Å². The van der Waals surface area contributed by atoms with Gasteiger partial charge in [0.05, 0.1) is 10.4 Å². The van der Waals surface area contributed by atoms with Crippen LogP contribution in [-0.2, 0) is 0 Å². The molecule has 0 amide bonds. The molecular formula is C8H10BrClO2S. The molecule has 5 heteroatoms. The van der Waals surface area contributed by atoms with Crippen LogP contribution in [0.4, 0.5) is 0 Å². The molecule has 2 atom stereocenters. The predicted molar refractivity (Wildman–Crippen MR) is 58.7 cm³/mol. The number of alkyl halides is 1. The van der Waals surface area contributed by atoms with E-state index in [0.717, 1.165) is 0 Å². The number of thiophene rings is 1. The Labute approximate surface area is 94.3 Å². The molecule has 1 rings (SSSR count). The van der Waals surface area contributed by atoms with Crippen LogP contribution in [0.5, 0.6) is 0 Å². The van der Waals surface area contributed by atoms with Crippen molar-refractivity contribution in [2.45, 2.75) is 18.6 Å². The first-order valence-electron chi connectivity index (χ1n) is 3.81. The Morgan fingerprint density at radius 2 is 2.23 bits per heavy atom. The van der Waals surface area contributed by atoms with Crippen molar-refractivity contribution in [3.05, 3.63) is 21.3 Å². The van der Waals surface area contributed by atoms with Gasteiger partial charge in [-0.05, 0) is 17.9 Å². The summed E-state index contributed by atoms with van der Waals surface area (Å²) in [6, 6.07) is 1.73. The number of aliphatic hydroxyl groups excluding tert-OH is 2. The minimum atomic E-state index is -0.878. The molecule has 0 spiro atoms. The first-order chi connectivity index (χ1) is 6.16. The van der Waals surface area contributed by atoms with E-state index >= 15 is 0 Å². The van der Waals surface area contributed by atoms with E-state index < -0.39 is 12.2 Å². The average Bonchev–Trinajstić information content (AvgIpc) is 2.50. The molecule has 1 aromatic rings. The Kier molecular flexibility index (Phi) is 4.69. The molecule has 0 saturated carbocycles. The van der Waals surface area contributed by atoms with E-state index in [1.807, 2.05) is 0 Å². The van der Waals surface area contributed by atoms with Crippen LogP contribution < -0.4 is 0 Å². The summed E-state index contributed by atoms with van der Waals surface area (Å²) in [5.41, 5.74) is 0.611. The zero-order chi connectivity index (χ0) is 9.84. The van der Waals surface area contributed by atoms with Crippen LogP contribution in [0.3, 0.4) is 0 Å². The summed E-state index contributed by atoms with van der Waals surface area (Å²) in [6.45, 7) is 0. The second kappa shape index (κ2) is 5.32. The summed E-state index contributed by atoms with van der Waals surface area (Å²) in [5, 5.41) is 21.6. The number of hydrogen-bond donors (Lipinski definition) is 2. The van der Waals surface area contributed by atoms with Gasteiger partial charge in [0.2, 0.25) is 0 Å². The Morgan fingerprint density at radius 3 is 2.69 bits per heavy atom. The minimum Gasteiger partial charge on any atom is -0.390 e. The van der Waals surface area contributed by atoms with Gasteiger partial charge < -0.3 is 10.2 Å². The van der Waals surface area contributed by atoms with Crippen molar-refractivity contribution in [2.75, 3.05) is 5.33 Å². The molecule has 2 unspecified atom stereocenters. The molecule has 1 aromatic heterocycles. The summed E-state index contributed by atoms with van der Waals surface area (Å²) in [5.74, 6) is 0. The van der Waals surface area contributed by atoms with E-state index in [1.165, 1.54) is 11.3 Å². The third kappa shape index (κ3) is 2.92. The summed E-state index contributed by atoms with van der Waals surface area (Å²) in [6.07, 6.45) is -1.13. The lowest BCUT2D eigenvalue weighted by Gasteiger charge is -2.15. The lowest BCUT2D eigenvalue weighted by molar-refractivity contribution is 0.0176. The van der Waals surface area contributed by atoms with Crippen LogP contribution in [0.2, 0.25) is 4.34 Å². The number of rotatable bonds is 4. The standard InChI is InChI=1S/C8H10BrClO2S/c9-3-1-6(11)7(12)5-2-4-13-8(5)10/h2,4,6-7,11-12H,1,3H2. The van der Waals surface area contributed by atoms with Gasteiger partial charge in [-0.15, -0.1) is 11.3 Å². The Morgan fingerprint density at radius 1 is 1.54 bits per heavy atom. The van der Waals surface area contributed by atoms with Gasteiger partial charge in [-0.25, -0.2) is 0 Å². The SMILES string of the molecule is OC(CCBr)C(O)c1ccsc1Cl.